The van der Waals surface area contributed by atoms with Crippen molar-refractivity contribution in [2.75, 3.05) is 6.54 Å². The van der Waals surface area contributed by atoms with E-state index in [4.69, 9.17) is 10.2 Å². The van der Waals surface area contributed by atoms with Crippen LogP contribution in [0.15, 0.2) is 24.3 Å². The maximum atomic E-state index is 12.0. The highest BCUT2D eigenvalue weighted by Crippen LogP contribution is 2.30. The number of thiophene rings is 1. The normalized spacial score (nSPS) is 12.3. The Morgan fingerprint density at radius 1 is 1.37 bits per heavy atom. The number of amides is 1. The molecule has 6 heteroatoms. The number of carbonyl (C=O) groups is 2. The number of aliphatic carboxylic acids is 1. The zero-order chi connectivity index (χ0) is 14.0. The second kappa shape index (κ2) is 5.38. The van der Waals surface area contributed by atoms with Crippen molar-refractivity contribution >= 4 is 33.3 Å². The maximum absolute atomic E-state index is 12.0. The molecule has 0 bridgehead atoms. The summed E-state index contributed by atoms with van der Waals surface area (Å²) in [5, 5.41) is 21.1. The fourth-order valence-electron chi connectivity index (χ4n) is 1.75. The van der Waals surface area contributed by atoms with Crippen LogP contribution < -0.4 is 5.32 Å². The molecule has 0 aliphatic carbocycles. The van der Waals surface area contributed by atoms with Crippen molar-refractivity contribution in [2.45, 2.75) is 13.0 Å². The average Bonchev–Trinajstić information content (AvgIpc) is 2.73. The number of fused-ring (bicyclic) bond motifs is 1. The molecular weight excluding hydrogens is 266 g/mol. The molecule has 5 nitrogen and oxygen atoms in total. The molecule has 1 atom stereocenters. The minimum atomic E-state index is -1.58. The van der Waals surface area contributed by atoms with Crippen LogP contribution in [-0.2, 0) is 4.79 Å². The summed E-state index contributed by atoms with van der Waals surface area (Å²) in [6, 6.07) is 7.66. The molecule has 1 amide bonds. The van der Waals surface area contributed by atoms with Gasteiger partial charge >= 0.3 is 5.97 Å². The molecule has 0 spiro atoms. The molecule has 0 saturated carbocycles. The molecule has 3 N–H and O–H groups in total. The van der Waals surface area contributed by atoms with E-state index in [1.807, 2.05) is 31.2 Å². The van der Waals surface area contributed by atoms with E-state index < -0.39 is 12.1 Å². The number of hydrogen-bond donors (Lipinski definition) is 3. The fraction of sp³-hybridized carbons (Fsp3) is 0.231. The first-order valence-corrected chi connectivity index (χ1v) is 6.49. The Hall–Kier alpha value is -1.92. The minimum Gasteiger partial charge on any atom is -0.479 e. The number of carbonyl (C=O) groups excluding carboxylic acids is 1. The monoisotopic (exact) mass is 279 g/mol. The third kappa shape index (κ3) is 2.74. The third-order valence-corrected chi connectivity index (χ3v) is 4.06. The summed E-state index contributed by atoms with van der Waals surface area (Å²) in [6.07, 6.45) is -1.58. The molecule has 19 heavy (non-hydrogen) atoms. The van der Waals surface area contributed by atoms with Gasteiger partial charge in [-0.2, -0.15) is 0 Å². The molecule has 0 saturated heterocycles. The van der Waals surface area contributed by atoms with Gasteiger partial charge in [0, 0.05) is 4.70 Å². The molecule has 1 unspecified atom stereocenters. The van der Waals surface area contributed by atoms with Gasteiger partial charge in [-0.25, -0.2) is 4.79 Å². The lowest BCUT2D eigenvalue weighted by Gasteiger charge is -2.07. The first-order valence-electron chi connectivity index (χ1n) is 5.68. The van der Waals surface area contributed by atoms with Gasteiger partial charge in [-0.3, -0.25) is 4.79 Å². The van der Waals surface area contributed by atoms with Crippen LogP contribution in [0.25, 0.3) is 10.1 Å². The second-order valence-electron chi connectivity index (χ2n) is 4.12. The van der Waals surface area contributed by atoms with E-state index in [0.29, 0.717) is 4.88 Å². The summed E-state index contributed by atoms with van der Waals surface area (Å²) in [7, 11) is 0. The minimum absolute atomic E-state index is 0.304. The Morgan fingerprint density at radius 3 is 2.68 bits per heavy atom. The predicted octanol–water partition coefficient (Wildman–Crippen LogP) is 1.39. The van der Waals surface area contributed by atoms with Gasteiger partial charge in [0.25, 0.3) is 5.91 Å². The van der Waals surface area contributed by atoms with E-state index in [9.17, 15) is 9.59 Å². The summed E-state index contributed by atoms with van der Waals surface area (Å²) < 4.78 is 1.00. The third-order valence-electron chi connectivity index (χ3n) is 2.79. The smallest absolute Gasteiger partial charge is 0.334 e. The lowest BCUT2D eigenvalue weighted by Crippen LogP contribution is -2.36. The van der Waals surface area contributed by atoms with Crippen LogP contribution in [0, 0.1) is 6.92 Å². The number of aliphatic hydroxyl groups excluding tert-OH is 1. The van der Waals surface area contributed by atoms with Gasteiger partial charge in [-0.15, -0.1) is 11.3 Å². The van der Waals surface area contributed by atoms with Crippen molar-refractivity contribution < 1.29 is 19.8 Å². The number of nitrogens with one attached hydrogen (secondary N) is 1. The Bertz CT molecular complexity index is 635. The molecule has 1 aromatic heterocycles. The van der Waals surface area contributed by atoms with Crippen molar-refractivity contribution in [3.05, 3.63) is 34.7 Å². The Kier molecular flexibility index (Phi) is 3.82. The van der Waals surface area contributed by atoms with Crippen molar-refractivity contribution in [3.63, 3.8) is 0 Å². The maximum Gasteiger partial charge on any atom is 0.334 e. The Labute approximate surface area is 113 Å². The fourth-order valence-corrected chi connectivity index (χ4v) is 2.87. The number of rotatable bonds is 4. The molecule has 1 aromatic carbocycles. The van der Waals surface area contributed by atoms with Gasteiger partial charge in [-0.05, 0) is 23.9 Å². The summed E-state index contributed by atoms with van der Waals surface area (Å²) in [5.41, 5.74) is 0.864. The van der Waals surface area contributed by atoms with Crippen molar-refractivity contribution in [1.82, 2.24) is 5.32 Å². The first kappa shape index (κ1) is 13.5. The standard InChI is InChI=1S/C13H13NO4S/c1-7-8-4-2-3-5-10(8)19-11(7)12(16)14-6-9(15)13(17)18/h2-5,9,15H,6H2,1H3,(H,14,16)(H,17,18). The topological polar surface area (TPSA) is 86.6 Å². The zero-order valence-electron chi connectivity index (χ0n) is 10.2. The summed E-state index contributed by atoms with van der Waals surface area (Å²) >= 11 is 1.35. The number of benzene rings is 1. The molecule has 100 valence electrons. The largest absolute Gasteiger partial charge is 0.479 e. The molecule has 2 rings (SSSR count). The molecule has 1 heterocycles. The zero-order valence-corrected chi connectivity index (χ0v) is 11.0. The van der Waals surface area contributed by atoms with E-state index in [1.54, 1.807) is 0 Å². The van der Waals surface area contributed by atoms with Gasteiger partial charge in [0.15, 0.2) is 6.10 Å². The highest BCUT2D eigenvalue weighted by molar-refractivity contribution is 7.21. The van der Waals surface area contributed by atoms with Crippen LogP contribution in [0.1, 0.15) is 15.2 Å². The van der Waals surface area contributed by atoms with Crippen LogP contribution in [-0.4, -0.2) is 34.7 Å². The summed E-state index contributed by atoms with van der Waals surface area (Å²) in [6.45, 7) is 1.54. The Morgan fingerprint density at radius 2 is 2.05 bits per heavy atom. The van der Waals surface area contributed by atoms with E-state index in [-0.39, 0.29) is 12.5 Å². The van der Waals surface area contributed by atoms with Crippen LogP contribution in [0.2, 0.25) is 0 Å². The predicted molar refractivity (Wildman–Crippen MR) is 72.5 cm³/mol. The highest BCUT2D eigenvalue weighted by Gasteiger charge is 2.18. The average molecular weight is 279 g/mol. The lowest BCUT2D eigenvalue weighted by molar-refractivity contribution is -0.146. The first-order chi connectivity index (χ1) is 9.00. The quantitative estimate of drug-likeness (QED) is 0.789. The highest BCUT2D eigenvalue weighted by atomic mass is 32.1. The SMILES string of the molecule is Cc1c(C(=O)NCC(O)C(=O)O)sc2ccccc12. The Balaban J connectivity index is 2.18. The van der Waals surface area contributed by atoms with Crippen LogP contribution in [0.3, 0.4) is 0 Å². The lowest BCUT2D eigenvalue weighted by atomic mass is 10.1. The number of hydrogen-bond acceptors (Lipinski definition) is 4. The van der Waals surface area contributed by atoms with Crippen LogP contribution in [0.4, 0.5) is 0 Å². The van der Waals surface area contributed by atoms with Crippen molar-refractivity contribution in [2.24, 2.45) is 0 Å². The molecule has 0 fully saturated rings. The van der Waals surface area contributed by atoms with Crippen molar-refractivity contribution in [3.8, 4) is 0 Å². The van der Waals surface area contributed by atoms with Gasteiger partial charge in [0.1, 0.15) is 0 Å². The second-order valence-corrected chi connectivity index (χ2v) is 5.17. The summed E-state index contributed by atoms with van der Waals surface area (Å²) in [4.78, 5) is 23.0. The van der Waals surface area contributed by atoms with E-state index in [1.165, 1.54) is 11.3 Å². The number of carboxylic acids is 1. The van der Waals surface area contributed by atoms with Gasteiger partial charge in [-0.1, -0.05) is 18.2 Å². The molecule has 2 aromatic rings. The van der Waals surface area contributed by atoms with Crippen LogP contribution >= 0.6 is 11.3 Å². The van der Waals surface area contributed by atoms with E-state index in [0.717, 1.165) is 15.6 Å². The van der Waals surface area contributed by atoms with E-state index >= 15 is 0 Å². The number of aliphatic hydroxyl groups is 1. The molecule has 0 aliphatic rings. The van der Waals surface area contributed by atoms with Gasteiger partial charge in [0.2, 0.25) is 0 Å². The molecule has 0 aliphatic heterocycles. The summed E-state index contributed by atoms with van der Waals surface area (Å²) in [5.74, 6) is -1.72. The van der Waals surface area contributed by atoms with Crippen LogP contribution in [0.5, 0.6) is 0 Å². The van der Waals surface area contributed by atoms with Gasteiger partial charge < -0.3 is 15.5 Å². The number of aryl methyl sites for hydroxylation is 1. The number of carboxylic acid groups (broad SMARTS) is 1. The molecular formula is C13H13NO4S. The van der Waals surface area contributed by atoms with Gasteiger partial charge in [0.05, 0.1) is 11.4 Å². The molecule has 0 radical (unpaired) electrons. The van der Waals surface area contributed by atoms with Crippen molar-refractivity contribution in [1.29, 1.82) is 0 Å². The van der Waals surface area contributed by atoms with E-state index in [2.05, 4.69) is 5.32 Å².